The predicted molar refractivity (Wildman–Crippen MR) is 86.2 cm³/mol. The van der Waals surface area contributed by atoms with Crippen LogP contribution in [0.25, 0.3) is 0 Å². The van der Waals surface area contributed by atoms with Crippen LogP contribution in [0.4, 0.5) is 0 Å². The Morgan fingerprint density at radius 1 is 1.30 bits per heavy atom. The highest BCUT2D eigenvalue weighted by atomic mass is 32.2. The monoisotopic (exact) mass is 336 g/mol. The molecule has 2 aromatic heterocycles. The molecule has 1 atom stereocenters. The highest BCUT2D eigenvalue weighted by Crippen LogP contribution is 2.25. The van der Waals surface area contributed by atoms with Crippen LogP contribution in [0.5, 0.6) is 5.88 Å². The van der Waals surface area contributed by atoms with E-state index in [2.05, 4.69) is 9.55 Å². The molecule has 0 saturated heterocycles. The largest absolute Gasteiger partial charge is 0.475 e. The smallest absolute Gasteiger partial charge is 0.281 e. The number of rotatable bonds is 5. The van der Waals surface area contributed by atoms with E-state index in [-0.39, 0.29) is 6.04 Å². The lowest BCUT2D eigenvalue weighted by molar-refractivity contribution is 0.186. The fraction of sp³-hybridized carbons (Fsp3) is 0.400. The Hall–Kier alpha value is -1.90. The maximum Gasteiger partial charge on any atom is 0.281 e. The first-order chi connectivity index (χ1) is 11.0. The third kappa shape index (κ3) is 3.24. The molecule has 124 valence electrons. The molecule has 0 bridgehead atoms. The van der Waals surface area contributed by atoms with Crippen molar-refractivity contribution in [3.05, 3.63) is 48.4 Å². The third-order valence-corrected chi connectivity index (χ3v) is 5.72. The summed E-state index contributed by atoms with van der Waals surface area (Å²) < 4.78 is 35.4. The molecule has 0 N–H and O–H groups in total. The summed E-state index contributed by atoms with van der Waals surface area (Å²) in [5.74, 6) is 0.536. The average Bonchev–Trinajstić information content (AvgIpc) is 3.02. The molecular formula is C15H20N4O3S. The topological polar surface area (TPSA) is 67.7 Å². The zero-order valence-electron chi connectivity index (χ0n) is 13.2. The molecule has 0 aliphatic carbocycles. The summed E-state index contributed by atoms with van der Waals surface area (Å²) in [4.78, 5) is 4.13. The van der Waals surface area contributed by atoms with Gasteiger partial charge in [0, 0.05) is 44.8 Å². The summed E-state index contributed by atoms with van der Waals surface area (Å²) in [5.41, 5.74) is 0.955. The van der Waals surface area contributed by atoms with Crippen molar-refractivity contribution in [1.29, 1.82) is 0 Å². The van der Waals surface area contributed by atoms with Gasteiger partial charge in [-0.05, 0) is 18.2 Å². The first kappa shape index (κ1) is 16.0. The van der Waals surface area contributed by atoms with Crippen molar-refractivity contribution in [2.24, 2.45) is 0 Å². The average molecular weight is 336 g/mol. The first-order valence-electron chi connectivity index (χ1n) is 7.35. The summed E-state index contributed by atoms with van der Waals surface area (Å²) in [6.45, 7) is 1.10. The summed E-state index contributed by atoms with van der Waals surface area (Å²) in [5, 5.41) is 0. The highest BCUT2D eigenvalue weighted by Gasteiger charge is 2.33. The Morgan fingerprint density at radius 2 is 2.13 bits per heavy atom. The van der Waals surface area contributed by atoms with Gasteiger partial charge in [-0.3, -0.25) is 0 Å². The van der Waals surface area contributed by atoms with E-state index in [1.807, 2.05) is 30.5 Å². The van der Waals surface area contributed by atoms with Crippen molar-refractivity contribution >= 4 is 10.2 Å². The van der Waals surface area contributed by atoms with E-state index in [4.69, 9.17) is 4.74 Å². The standard InChI is InChI=1S/C15H20N4O3S/c1-17(2)23(20,21)18-10-13-6-5-9-19(13)14(11-18)12-22-15-7-3-4-8-16-15/h3-9,14H,10-12H2,1-2H3/t14-/m0/s1. The lowest BCUT2D eigenvalue weighted by atomic mass is 10.2. The first-order valence-corrected chi connectivity index (χ1v) is 8.75. The van der Waals surface area contributed by atoms with Crippen LogP contribution < -0.4 is 4.74 Å². The summed E-state index contributed by atoms with van der Waals surface area (Å²) in [6.07, 6.45) is 3.63. The third-order valence-electron chi connectivity index (χ3n) is 3.86. The predicted octanol–water partition coefficient (Wildman–Crippen LogP) is 1.13. The molecule has 0 radical (unpaired) electrons. The van der Waals surface area contributed by atoms with Crippen molar-refractivity contribution in [3.63, 3.8) is 0 Å². The van der Waals surface area contributed by atoms with Crippen LogP contribution >= 0.6 is 0 Å². The van der Waals surface area contributed by atoms with Crippen LogP contribution in [0.2, 0.25) is 0 Å². The van der Waals surface area contributed by atoms with E-state index >= 15 is 0 Å². The molecule has 0 fully saturated rings. The molecule has 3 rings (SSSR count). The minimum Gasteiger partial charge on any atom is -0.475 e. The van der Waals surface area contributed by atoms with Gasteiger partial charge >= 0.3 is 0 Å². The van der Waals surface area contributed by atoms with Crippen LogP contribution in [-0.4, -0.2) is 53.8 Å². The highest BCUT2D eigenvalue weighted by molar-refractivity contribution is 7.86. The normalized spacial score (nSPS) is 18.8. The molecule has 1 aliphatic rings. The van der Waals surface area contributed by atoms with Crippen molar-refractivity contribution in [1.82, 2.24) is 18.2 Å². The molecule has 2 aromatic rings. The van der Waals surface area contributed by atoms with E-state index in [9.17, 15) is 8.42 Å². The maximum absolute atomic E-state index is 12.4. The van der Waals surface area contributed by atoms with E-state index in [1.54, 1.807) is 26.4 Å². The van der Waals surface area contributed by atoms with Gasteiger partial charge in [-0.25, -0.2) is 4.98 Å². The number of aromatic nitrogens is 2. The van der Waals surface area contributed by atoms with Crippen LogP contribution in [0, 0.1) is 0 Å². The molecule has 3 heterocycles. The van der Waals surface area contributed by atoms with Gasteiger partial charge in [-0.15, -0.1) is 0 Å². The molecule has 0 amide bonds. The molecule has 0 unspecified atom stereocenters. The number of fused-ring (bicyclic) bond motifs is 1. The Labute approximate surface area is 136 Å². The van der Waals surface area contributed by atoms with Crippen molar-refractivity contribution in [3.8, 4) is 5.88 Å². The zero-order chi connectivity index (χ0) is 16.4. The quantitative estimate of drug-likeness (QED) is 0.821. The summed E-state index contributed by atoms with van der Waals surface area (Å²) in [6, 6.07) is 9.23. The lowest BCUT2D eigenvalue weighted by Crippen LogP contribution is -2.46. The number of pyridine rings is 1. The van der Waals surface area contributed by atoms with Gasteiger partial charge in [0.2, 0.25) is 5.88 Å². The van der Waals surface area contributed by atoms with Crippen LogP contribution in [0.3, 0.4) is 0 Å². The maximum atomic E-state index is 12.4. The Balaban J connectivity index is 1.79. The van der Waals surface area contributed by atoms with Crippen LogP contribution in [0.1, 0.15) is 11.7 Å². The molecule has 0 saturated carbocycles. The summed E-state index contributed by atoms with van der Waals surface area (Å²) in [7, 11) is -0.366. The van der Waals surface area contributed by atoms with E-state index in [0.717, 1.165) is 5.69 Å². The van der Waals surface area contributed by atoms with Gasteiger partial charge in [0.1, 0.15) is 6.61 Å². The van der Waals surface area contributed by atoms with Gasteiger partial charge in [0.25, 0.3) is 10.2 Å². The van der Waals surface area contributed by atoms with Gasteiger partial charge in [0.05, 0.1) is 12.6 Å². The van der Waals surface area contributed by atoms with Crippen LogP contribution in [0.15, 0.2) is 42.7 Å². The second kappa shape index (κ2) is 6.31. The molecule has 0 spiro atoms. The Kier molecular flexibility index (Phi) is 4.38. The minimum atomic E-state index is -3.45. The molecule has 8 heteroatoms. The fourth-order valence-electron chi connectivity index (χ4n) is 2.64. The second-order valence-corrected chi connectivity index (χ2v) is 7.76. The number of ether oxygens (including phenoxy) is 1. The van der Waals surface area contributed by atoms with Gasteiger partial charge in [0.15, 0.2) is 0 Å². The molecular weight excluding hydrogens is 316 g/mol. The second-order valence-electron chi connectivity index (χ2n) is 5.62. The fourth-order valence-corrected chi connectivity index (χ4v) is 3.76. The molecule has 7 nitrogen and oxygen atoms in total. The van der Waals surface area contributed by atoms with Gasteiger partial charge < -0.3 is 9.30 Å². The van der Waals surface area contributed by atoms with Gasteiger partial charge in [-0.1, -0.05) is 6.07 Å². The molecule has 0 aromatic carbocycles. The minimum absolute atomic E-state index is 0.0921. The molecule has 1 aliphatic heterocycles. The van der Waals surface area contributed by atoms with Gasteiger partial charge in [-0.2, -0.15) is 17.0 Å². The molecule has 23 heavy (non-hydrogen) atoms. The van der Waals surface area contributed by atoms with Crippen molar-refractivity contribution < 1.29 is 13.2 Å². The summed E-state index contributed by atoms with van der Waals surface area (Å²) >= 11 is 0. The van der Waals surface area contributed by atoms with E-state index in [0.29, 0.717) is 25.6 Å². The number of nitrogens with zero attached hydrogens (tertiary/aromatic N) is 4. The van der Waals surface area contributed by atoms with Crippen molar-refractivity contribution in [2.45, 2.75) is 12.6 Å². The lowest BCUT2D eigenvalue weighted by Gasteiger charge is -2.35. The number of hydrogen-bond donors (Lipinski definition) is 0. The zero-order valence-corrected chi connectivity index (χ0v) is 14.0. The Bertz CT molecular complexity index is 758. The van der Waals surface area contributed by atoms with E-state index in [1.165, 1.54) is 8.61 Å². The Morgan fingerprint density at radius 3 is 2.83 bits per heavy atom. The van der Waals surface area contributed by atoms with E-state index < -0.39 is 10.2 Å². The number of hydrogen-bond acceptors (Lipinski definition) is 4. The SMILES string of the molecule is CN(C)S(=O)(=O)N1Cc2cccn2[C@H](COc2ccccn2)C1. The van der Waals surface area contributed by atoms with Crippen LogP contribution in [-0.2, 0) is 16.8 Å². The van der Waals surface area contributed by atoms with Crippen molar-refractivity contribution in [2.75, 3.05) is 27.2 Å².